The molecule has 0 aromatic heterocycles. The fourth-order valence-electron chi connectivity index (χ4n) is 3.82. The van der Waals surface area contributed by atoms with Gasteiger partial charge in [0.2, 0.25) is 0 Å². The smallest absolute Gasteiger partial charge is 0.308 e. The molecule has 2 rings (SSSR count). The SMILES string of the molecule is CCCCCCCC[C@H]1O[C@H]1CCCCCCCC(=O)O.O=C(O)Cc1c(F)cccc1F. The van der Waals surface area contributed by atoms with E-state index in [0.717, 1.165) is 25.0 Å². The first kappa shape index (κ1) is 29.0. The van der Waals surface area contributed by atoms with Gasteiger partial charge in [-0.2, -0.15) is 0 Å². The summed E-state index contributed by atoms with van der Waals surface area (Å²) in [5.74, 6) is -3.56. The average molecular weight is 471 g/mol. The Morgan fingerprint density at radius 1 is 0.788 bits per heavy atom. The number of hydrogen-bond acceptors (Lipinski definition) is 3. The maximum absolute atomic E-state index is 12.7. The van der Waals surface area contributed by atoms with Crippen LogP contribution in [0.2, 0.25) is 0 Å². The highest BCUT2D eigenvalue weighted by Crippen LogP contribution is 2.31. The lowest BCUT2D eigenvalue weighted by molar-refractivity contribution is -0.137. The van der Waals surface area contributed by atoms with E-state index in [4.69, 9.17) is 14.9 Å². The molecule has 0 unspecified atom stereocenters. The van der Waals surface area contributed by atoms with E-state index in [2.05, 4.69) is 6.92 Å². The number of benzene rings is 1. The molecule has 7 heteroatoms. The van der Waals surface area contributed by atoms with E-state index < -0.39 is 35.6 Å². The average Bonchev–Trinajstić information content (AvgIpc) is 3.51. The van der Waals surface area contributed by atoms with Crippen molar-refractivity contribution in [3.8, 4) is 0 Å². The highest BCUT2D eigenvalue weighted by Gasteiger charge is 2.36. The molecule has 0 amide bonds. The number of epoxide rings is 1. The minimum atomic E-state index is -1.25. The molecular formula is C26H40F2O5. The molecule has 2 atom stereocenters. The topological polar surface area (TPSA) is 87.1 Å². The predicted octanol–water partition coefficient (Wildman–Crippen LogP) is 6.91. The van der Waals surface area contributed by atoms with Gasteiger partial charge in [0.25, 0.3) is 0 Å². The summed E-state index contributed by atoms with van der Waals surface area (Å²) < 4.78 is 31.1. The second kappa shape index (κ2) is 17.5. The van der Waals surface area contributed by atoms with Gasteiger partial charge in [-0.15, -0.1) is 0 Å². The van der Waals surface area contributed by atoms with Crippen LogP contribution >= 0.6 is 0 Å². The van der Waals surface area contributed by atoms with E-state index in [0.29, 0.717) is 18.6 Å². The van der Waals surface area contributed by atoms with Crippen molar-refractivity contribution in [2.24, 2.45) is 0 Å². The molecule has 0 saturated carbocycles. The summed E-state index contributed by atoms with van der Waals surface area (Å²) >= 11 is 0. The number of carboxylic acids is 2. The number of hydrogen-bond donors (Lipinski definition) is 2. The van der Waals surface area contributed by atoms with Gasteiger partial charge in [0.1, 0.15) is 11.6 Å². The summed E-state index contributed by atoms with van der Waals surface area (Å²) in [6.07, 6.45) is 17.0. The van der Waals surface area contributed by atoms with Gasteiger partial charge < -0.3 is 14.9 Å². The Labute approximate surface area is 196 Å². The van der Waals surface area contributed by atoms with Crippen LogP contribution in [0.1, 0.15) is 102 Å². The van der Waals surface area contributed by atoms with Crippen molar-refractivity contribution in [1.82, 2.24) is 0 Å². The number of rotatable bonds is 17. The van der Waals surface area contributed by atoms with E-state index in [1.54, 1.807) is 0 Å². The van der Waals surface area contributed by atoms with E-state index >= 15 is 0 Å². The minimum Gasteiger partial charge on any atom is -0.481 e. The van der Waals surface area contributed by atoms with Gasteiger partial charge in [-0.3, -0.25) is 9.59 Å². The van der Waals surface area contributed by atoms with Gasteiger partial charge >= 0.3 is 11.9 Å². The van der Waals surface area contributed by atoms with E-state index in [9.17, 15) is 18.4 Å². The highest BCUT2D eigenvalue weighted by molar-refractivity contribution is 5.70. The summed E-state index contributed by atoms with van der Waals surface area (Å²) in [6.45, 7) is 2.26. The molecule has 188 valence electrons. The molecule has 0 radical (unpaired) electrons. The lowest BCUT2D eigenvalue weighted by Crippen LogP contribution is -2.04. The predicted molar refractivity (Wildman–Crippen MR) is 124 cm³/mol. The standard InChI is InChI=1S/C18H34O3.C8H6F2O2/c1-2-3-4-5-7-10-13-16-17(21-16)14-11-8-6-9-12-15-18(19)20;9-6-2-1-3-7(10)5(6)4-8(11)12/h16-17H,2-15H2,1H3,(H,19,20);1-3H,4H2,(H,11,12)/t16-,17+;/m1./s1. The van der Waals surface area contributed by atoms with Crippen molar-refractivity contribution in [2.75, 3.05) is 0 Å². The molecule has 0 spiro atoms. The van der Waals surface area contributed by atoms with Crippen LogP contribution < -0.4 is 0 Å². The fraction of sp³-hybridized carbons (Fsp3) is 0.692. The van der Waals surface area contributed by atoms with Gasteiger partial charge in [-0.1, -0.05) is 77.2 Å². The Balaban J connectivity index is 0.000000383. The molecule has 2 N–H and O–H groups in total. The quantitative estimate of drug-likeness (QED) is 0.191. The zero-order valence-corrected chi connectivity index (χ0v) is 19.9. The number of halogens is 2. The van der Waals surface area contributed by atoms with Crippen LogP contribution in [0.15, 0.2) is 18.2 Å². The number of ether oxygens (including phenoxy) is 1. The molecule has 33 heavy (non-hydrogen) atoms. The van der Waals surface area contributed by atoms with Gasteiger partial charge in [-0.05, 0) is 31.4 Å². The Kier molecular flexibility index (Phi) is 15.3. The van der Waals surface area contributed by atoms with Crippen LogP contribution in [-0.4, -0.2) is 34.4 Å². The van der Waals surface area contributed by atoms with Gasteiger partial charge in [0.05, 0.1) is 18.6 Å². The van der Waals surface area contributed by atoms with Crippen molar-refractivity contribution in [3.63, 3.8) is 0 Å². The maximum Gasteiger partial charge on any atom is 0.308 e. The molecule has 1 aromatic rings. The Morgan fingerprint density at radius 3 is 1.76 bits per heavy atom. The zero-order valence-electron chi connectivity index (χ0n) is 19.9. The van der Waals surface area contributed by atoms with E-state index in [-0.39, 0.29) is 0 Å². The Hall–Kier alpha value is -2.02. The third-order valence-electron chi connectivity index (χ3n) is 5.80. The largest absolute Gasteiger partial charge is 0.481 e. The van der Waals surface area contributed by atoms with Crippen molar-refractivity contribution in [1.29, 1.82) is 0 Å². The maximum atomic E-state index is 12.7. The molecule has 1 heterocycles. The normalized spacial score (nSPS) is 16.7. The molecule has 1 saturated heterocycles. The number of carbonyl (C=O) groups is 2. The summed E-state index contributed by atoms with van der Waals surface area (Å²) in [6, 6.07) is 3.25. The van der Waals surface area contributed by atoms with Crippen LogP contribution in [0.3, 0.4) is 0 Å². The van der Waals surface area contributed by atoms with Gasteiger partial charge in [0.15, 0.2) is 0 Å². The number of carboxylic acid groups (broad SMARTS) is 2. The third kappa shape index (κ3) is 14.7. The van der Waals surface area contributed by atoms with E-state index in [1.807, 2.05) is 0 Å². The Bertz CT molecular complexity index is 675. The molecule has 1 fully saturated rings. The van der Waals surface area contributed by atoms with E-state index in [1.165, 1.54) is 76.7 Å². The molecular weight excluding hydrogens is 430 g/mol. The fourth-order valence-corrected chi connectivity index (χ4v) is 3.82. The first-order chi connectivity index (χ1) is 15.8. The monoisotopic (exact) mass is 470 g/mol. The molecule has 1 aromatic carbocycles. The Morgan fingerprint density at radius 2 is 1.27 bits per heavy atom. The molecule has 1 aliphatic rings. The van der Waals surface area contributed by atoms with Crippen molar-refractivity contribution in [2.45, 2.75) is 115 Å². The lowest BCUT2D eigenvalue weighted by atomic mass is 10.0. The zero-order chi connectivity index (χ0) is 24.5. The van der Waals surface area contributed by atoms with Crippen LogP contribution in [0.5, 0.6) is 0 Å². The molecule has 0 aliphatic carbocycles. The van der Waals surface area contributed by atoms with Gasteiger partial charge in [0, 0.05) is 12.0 Å². The highest BCUT2D eigenvalue weighted by atomic mass is 19.1. The first-order valence-corrected chi connectivity index (χ1v) is 12.4. The van der Waals surface area contributed by atoms with Crippen molar-refractivity contribution < 1.29 is 33.3 Å². The van der Waals surface area contributed by atoms with Crippen molar-refractivity contribution in [3.05, 3.63) is 35.4 Å². The summed E-state index contributed by atoms with van der Waals surface area (Å²) in [5.41, 5.74) is -0.398. The second-order valence-electron chi connectivity index (χ2n) is 8.74. The molecule has 0 bridgehead atoms. The van der Waals surface area contributed by atoms with Crippen LogP contribution in [-0.2, 0) is 20.7 Å². The van der Waals surface area contributed by atoms with Crippen LogP contribution in [0.25, 0.3) is 0 Å². The van der Waals surface area contributed by atoms with Crippen LogP contribution in [0.4, 0.5) is 8.78 Å². The summed E-state index contributed by atoms with van der Waals surface area (Å²) in [5, 5.41) is 16.8. The molecule has 1 aliphatic heterocycles. The summed E-state index contributed by atoms with van der Waals surface area (Å²) in [7, 11) is 0. The van der Waals surface area contributed by atoms with Crippen LogP contribution in [0, 0.1) is 11.6 Å². The third-order valence-corrected chi connectivity index (χ3v) is 5.80. The number of unbranched alkanes of at least 4 members (excludes halogenated alkanes) is 9. The van der Waals surface area contributed by atoms with Gasteiger partial charge in [-0.25, -0.2) is 8.78 Å². The lowest BCUT2D eigenvalue weighted by Gasteiger charge is -2.00. The second-order valence-corrected chi connectivity index (χ2v) is 8.74. The van der Waals surface area contributed by atoms with Crippen molar-refractivity contribution >= 4 is 11.9 Å². The minimum absolute atomic E-state index is 0.325. The first-order valence-electron chi connectivity index (χ1n) is 12.4. The summed E-state index contributed by atoms with van der Waals surface area (Å²) in [4.78, 5) is 20.5. The molecule has 5 nitrogen and oxygen atoms in total. The number of aliphatic carboxylic acids is 2.